The van der Waals surface area contributed by atoms with E-state index in [-0.39, 0.29) is 0 Å². The van der Waals surface area contributed by atoms with E-state index in [0.29, 0.717) is 11.6 Å². The van der Waals surface area contributed by atoms with Crippen LogP contribution in [0.5, 0.6) is 0 Å². The van der Waals surface area contributed by atoms with E-state index in [4.69, 9.17) is 9.97 Å². The monoisotopic (exact) mass is 335 g/mol. The Morgan fingerprint density at radius 1 is 0.880 bits per heavy atom. The van der Waals surface area contributed by atoms with E-state index in [1.807, 2.05) is 63.2 Å². The van der Waals surface area contributed by atoms with Crippen LogP contribution in [0, 0.1) is 0 Å². The summed E-state index contributed by atoms with van der Waals surface area (Å²) in [5, 5.41) is 0. The van der Waals surface area contributed by atoms with Crippen molar-refractivity contribution in [1.29, 1.82) is 0 Å². The van der Waals surface area contributed by atoms with Crippen LogP contribution in [0.4, 0.5) is 11.8 Å². The van der Waals surface area contributed by atoms with Gasteiger partial charge in [-0.05, 0) is 5.56 Å². The van der Waals surface area contributed by atoms with Gasteiger partial charge in [-0.25, -0.2) is 0 Å². The molecule has 0 bridgehead atoms. The molecule has 3 aromatic heterocycles. The molecule has 128 valence electrons. The average molecular weight is 335 g/mol. The van der Waals surface area contributed by atoms with Crippen molar-refractivity contribution in [3.8, 4) is 11.3 Å². The molecule has 0 spiro atoms. The molecule has 7 nitrogen and oxygen atoms in total. The highest BCUT2D eigenvalue weighted by atomic mass is 15.3. The van der Waals surface area contributed by atoms with Gasteiger partial charge < -0.3 is 14.4 Å². The molecule has 0 unspecified atom stereocenters. The standard InChI is InChI=1S/C18H21N7/c1-22(2)16-14-15(19-17(21-16)23(3)4)20-18-24(5)13(11-25(14)18)12-9-7-6-8-10-12/h6-11H,1-5H3. The molecule has 0 fully saturated rings. The quantitative estimate of drug-likeness (QED) is 0.575. The van der Waals surface area contributed by atoms with Crippen molar-refractivity contribution in [3.63, 3.8) is 0 Å². The molecule has 0 aliphatic carbocycles. The van der Waals surface area contributed by atoms with Crippen molar-refractivity contribution in [1.82, 2.24) is 23.9 Å². The zero-order chi connectivity index (χ0) is 17.7. The van der Waals surface area contributed by atoms with Gasteiger partial charge in [0.2, 0.25) is 11.7 Å². The molecule has 4 rings (SSSR count). The van der Waals surface area contributed by atoms with E-state index in [2.05, 4.69) is 32.3 Å². The molecule has 4 aromatic rings. The van der Waals surface area contributed by atoms with Crippen LogP contribution in [0.15, 0.2) is 36.5 Å². The van der Waals surface area contributed by atoms with Gasteiger partial charge in [0.1, 0.15) is 5.52 Å². The minimum Gasteiger partial charge on any atom is -0.361 e. The fourth-order valence-corrected chi connectivity index (χ4v) is 3.03. The van der Waals surface area contributed by atoms with Crippen LogP contribution in [-0.2, 0) is 7.05 Å². The summed E-state index contributed by atoms with van der Waals surface area (Å²) in [5.74, 6) is 2.36. The van der Waals surface area contributed by atoms with E-state index in [1.54, 1.807) is 0 Å². The third-order valence-electron chi connectivity index (χ3n) is 4.30. The molecular formula is C18H21N7. The van der Waals surface area contributed by atoms with Gasteiger partial charge in [-0.1, -0.05) is 30.3 Å². The third kappa shape index (κ3) is 2.31. The maximum absolute atomic E-state index is 4.77. The Morgan fingerprint density at radius 3 is 2.24 bits per heavy atom. The first-order valence-electron chi connectivity index (χ1n) is 8.13. The molecule has 0 radical (unpaired) electrons. The maximum atomic E-state index is 4.77. The molecule has 7 heteroatoms. The van der Waals surface area contributed by atoms with Crippen LogP contribution in [0.25, 0.3) is 28.2 Å². The van der Waals surface area contributed by atoms with Crippen LogP contribution >= 0.6 is 0 Å². The fraction of sp³-hybridized carbons (Fsp3) is 0.278. The normalized spacial score (nSPS) is 11.4. The number of hydrogen-bond donors (Lipinski definition) is 0. The molecule has 0 amide bonds. The smallest absolute Gasteiger partial charge is 0.228 e. The van der Waals surface area contributed by atoms with Crippen molar-refractivity contribution in [2.24, 2.45) is 7.05 Å². The summed E-state index contributed by atoms with van der Waals surface area (Å²) < 4.78 is 4.16. The molecule has 0 aliphatic rings. The topological polar surface area (TPSA) is 54.5 Å². The van der Waals surface area contributed by atoms with Crippen molar-refractivity contribution in [2.45, 2.75) is 0 Å². The van der Waals surface area contributed by atoms with E-state index in [9.17, 15) is 0 Å². The number of fused-ring (bicyclic) bond motifs is 3. The number of aryl methyl sites for hydroxylation is 1. The van der Waals surface area contributed by atoms with Gasteiger partial charge >= 0.3 is 0 Å². The second-order valence-corrected chi connectivity index (χ2v) is 6.53. The Hall–Kier alpha value is -3.09. The number of anilines is 2. The van der Waals surface area contributed by atoms with Crippen molar-refractivity contribution in [2.75, 3.05) is 38.0 Å². The largest absolute Gasteiger partial charge is 0.361 e. The minimum atomic E-state index is 0.655. The molecule has 3 heterocycles. The van der Waals surface area contributed by atoms with Gasteiger partial charge in [0.05, 0.1) is 5.69 Å². The van der Waals surface area contributed by atoms with Gasteiger partial charge in [-0.2, -0.15) is 15.0 Å². The third-order valence-corrected chi connectivity index (χ3v) is 4.30. The summed E-state index contributed by atoms with van der Waals surface area (Å²) in [6.07, 6.45) is 2.10. The van der Waals surface area contributed by atoms with Crippen LogP contribution in [-0.4, -0.2) is 52.1 Å². The van der Waals surface area contributed by atoms with Crippen LogP contribution < -0.4 is 9.80 Å². The lowest BCUT2D eigenvalue weighted by molar-refractivity contribution is 0.947. The van der Waals surface area contributed by atoms with E-state index >= 15 is 0 Å². The number of imidazole rings is 2. The molecule has 0 N–H and O–H groups in total. The predicted octanol–water partition coefficient (Wildman–Crippen LogP) is 2.42. The number of rotatable bonds is 3. The molecular weight excluding hydrogens is 314 g/mol. The summed E-state index contributed by atoms with van der Waals surface area (Å²) in [6, 6.07) is 10.3. The summed E-state index contributed by atoms with van der Waals surface area (Å²) in [7, 11) is 9.87. The van der Waals surface area contributed by atoms with Crippen molar-refractivity contribution in [3.05, 3.63) is 36.5 Å². The number of nitrogens with zero attached hydrogens (tertiary/aromatic N) is 7. The predicted molar refractivity (Wildman–Crippen MR) is 101 cm³/mol. The Balaban J connectivity index is 2.05. The fourth-order valence-electron chi connectivity index (χ4n) is 3.03. The summed E-state index contributed by atoms with van der Waals surface area (Å²) >= 11 is 0. The molecule has 0 atom stereocenters. The second-order valence-electron chi connectivity index (χ2n) is 6.53. The summed E-state index contributed by atoms with van der Waals surface area (Å²) in [4.78, 5) is 18.0. The van der Waals surface area contributed by atoms with Gasteiger partial charge in [-0.15, -0.1) is 0 Å². The molecule has 25 heavy (non-hydrogen) atoms. The highest BCUT2D eigenvalue weighted by Gasteiger charge is 2.20. The lowest BCUT2D eigenvalue weighted by Crippen LogP contribution is -2.17. The first kappa shape index (κ1) is 15.4. The van der Waals surface area contributed by atoms with Gasteiger partial charge in [0, 0.05) is 41.4 Å². The number of aromatic nitrogens is 5. The Morgan fingerprint density at radius 2 is 1.60 bits per heavy atom. The van der Waals surface area contributed by atoms with Crippen molar-refractivity contribution < 1.29 is 0 Å². The maximum Gasteiger partial charge on any atom is 0.228 e. The van der Waals surface area contributed by atoms with E-state index < -0.39 is 0 Å². The summed E-state index contributed by atoms with van der Waals surface area (Å²) in [5.41, 5.74) is 3.88. The average Bonchev–Trinajstić information content (AvgIpc) is 3.11. The summed E-state index contributed by atoms with van der Waals surface area (Å²) in [6.45, 7) is 0. The number of hydrogen-bond acceptors (Lipinski definition) is 5. The Labute approximate surface area is 146 Å². The van der Waals surface area contributed by atoms with Crippen LogP contribution in [0.1, 0.15) is 0 Å². The minimum absolute atomic E-state index is 0.655. The SMILES string of the molecule is CN(C)c1nc(N(C)C)c2c(n1)nc1n(C)c(-c3ccccc3)cn21. The molecule has 0 saturated carbocycles. The van der Waals surface area contributed by atoms with Crippen LogP contribution in [0.2, 0.25) is 0 Å². The molecule has 0 aliphatic heterocycles. The second kappa shape index (κ2) is 5.47. The lowest BCUT2D eigenvalue weighted by Gasteiger charge is -2.16. The Kier molecular flexibility index (Phi) is 3.38. The first-order valence-corrected chi connectivity index (χ1v) is 8.13. The first-order chi connectivity index (χ1) is 12.0. The van der Waals surface area contributed by atoms with E-state index in [0.717, 1.165) is 28.4 Å². The zero-order valence-corrected chi connectivity index (χ0v) is 15.1. The van der Waals surface area contributed by atoms with Gasteiger partial charge in [-0.3, -0.25) is 4.40 Å². The van der Waals surface area contributed by atoms with Gasteiger partial charge in [0.15, 0.2) is 11.5 Å². The lowest BCUT2D eigenvalue weighted by atomic mass is 10.2. The zero-order valence-electron chi connectivity index (χ0n) is 15.1. The molecule has 0 saturated heterocycles. The Bertz CT molecular complexity index is 1060. The highest BCUT2D eigenvalue weighted by molar-refractivity contribution is 5.89. The highest BCUT2D eigenvalue weighted by Crippen LogP contribution is 2.29. The van der Waals surface area contributed by atoms with E-state index in [1.165, 1.54) is 0 Å². The van der Waals surface area contributed by atoms with Gasteiger partial charge in [0.25, 0.3) is 0 Å². The molecule has 1 aromatic carbocycles. The van der Waals surface area contributed by atoms with Crippen LogP contribution in [0.3, 0.4) is 0 Å². The van der Waals surface area contributed by atoms with Crippen molar-refractivity contribution >= 4 is 28.7 Å². The number of benzene rings is 1.